The first-order chi connectivity index (χ1) is 12.6. The van der Waals surface area contributed by atoms with Gasteiger partial charge in [-0.25, -0.2) is 4.39 Å². The molecule has 0 unspecified atom stereocenters. The Balaban J connectivity index is 1.57. The maximum absolute atomic E-state index is 12.9. The number of halogens is 1. The first kappa shape index (κ1) is 18.0. The Bertz CT molecular complexity index is 771. The average molecular weight is 355 g/mol. The van der Waals surface area contributed by atoms with Crippen molar-refractivity contribution >= 4 is 11.8 Å². The molecule has 1 aliphatic rings. The van der Waals surface area contributed by atoms with Crippen LogP contribution < -0.4 is 5.32 Å². The predicted molar refractivity (Wildman–Crippen MR) is 96.4 cm³/mol. The van der Waals surface area contributed by atoms with Crippen LogP contribution in [0.15, 0.2) is 42.7 Å². The minimum atomic E-state index is -0.279. The Labute approximate surface area is 152 Å². The van der Waals surface area contributed by atoms with Gasteiger partial charge in [-0.15, -0.1) is 0 Å². The number of piperidine rings is 1. The second-order valence-electron chi connectivity index (χ2n) is 6.45. The molecule has 1 fully saturated rings. The largest absolute Gasteiger partial charge is 0.352 e. The van der Waals surface area contributed by atoms with Gasteiger partial charge in [0.25, 0.3) is 11.8 Å². The summed E-state index contributed by atoms with van der Waals surface area (Å²) in [5.41, 5.74) is 1.75. The number of nitrogens with zero attached hydrogens (tertiary/aromatic N) is 2. The Kier molecular flexibility index (Phi) is 5.94. The molecule has 136 valence electrons. The fourth-order valence-electron chi connectivity index (χ4n) is 3.03. The van der Waals surface area contributed by atoms with E-state index in [-0.39, 0.29) is 17.6 Å². The lowest BCUT2D eigenvalue weighted by Crippen LogP contribution is -2.35. The zero-order chi connectivity index (χ0) is 18.4. The Morgan fingerprint density at radius 1 is 1.04 bits per heavy atom. The van der Waals surface area contributed by atoms with Crippen molar-refractivity contribution in [2.75, 3.05) is 19.6 Å². The molecular weight excluding hydrogens is 333 g/mol. The highest BCUT2D eigenvalue weighted by Gasteiger charge is 2.19. The molecule has 0 atom stereocenters. The molecule has 26 heavy (non-hydrogen) atoms. The zero-order valence-corrected chi connectivity index (χ0v) is 14.6. The standard InChI is InChI=1S/C20H22FN3O2/c21-18-6-4-15(5-7-18)8-9-23-19(25)16-12-17(14-22-13-16)20(26)24-10-2-1-3-11-24/h4-7,12-14H,1-3,8-11H2,(H,23,25). The molecule has 1 aliphatic heterocycles. The van der Waals surface area contributed by atoms with Crippen LogP contribution in [0, 0.1) is 5.82 Å². The third-order valence-corrected chi connectivity index (χ3v) is 4.50. The van der Waals surface area contributed by atoms with Crippen LogP contribution in [0.4, 0.5) is 4.39 Å². The molecular formula is C20H22FN3O2. The van der Waals surface area contributed by atoms with Crippen molar-refractivity contribution in [3.8, 4) is 0 Å². The monoisotopic (exact) mass is 355 g/mol. The van der Waals surface area contributed by atoms with Gasteiger partial charge in [0.1, 0.15) is 5.82 Å². The SMILES string of the molecule is O=C(NCCc1ccc(F)cc1)c1cncc(C(=O)N2CCCCC2)c1. The number of aromatic nitrogens is 1. The molecule has 3 rings (SSSR count). The van der Waals surface area contributed by atoms with E-state index in [1.165, 1.54) is 24.5 Å². The van der Waals surface area contributed by atoms with E-state index in [0.717, 1.165) is 37.9 Å². The lowest BCUT2D eigenvalue weighted by atomic mass is 10.1. The molecule has 0 spiro atoms. The molecule has 1 aromatic carbocycles. The summed E-state index contributed by atoms with van der Waals surface area (Å²) >= 11 is 0. The van der Waals surface area contributed by atoms with Gasteiger partial charge in [-0.3, -0.25) is 14.6 Å². The maximum Gasteiger partial charge on any atom is 0.255 e. The maximum atomic E-state index is 12.9. The van der Waals surface area contributed by atoms with Crippen LogP contribution in [-0.4, -0.2) is 41.3 Å². The molecule has 1 saturated heterocycles. The molecule has 2 heterocycles. The number of amides is 2. The summed E-state index contributed by atoms with van der Waals surface area (Å²) in [6.07, 6.45) is 6.75. The highest BCUT2D eigenvalue weighted by Crippen LogP contribution is 2.13. The number of hydrogen-bond acceptors (Lipinski definition) is 3. The number of nitrogens with one attached hydrogen (secondary N) is 1. The number of hydrogen-bond donors (Lipinski definition) is 1. The van der Waals surface area contributed by atoms with Crippen LogP contribution in [0.5, 0.6) is 0 Å². The van der Waals surface area contributed by atoms with Gasteiger partial charge < -0.3 is 10.2 Å². The fourth-order valence-corrected chi connectivity index (χ4v) is 3.03. The van der Waals surface area contributed by atoms with Gasteiger partial charge in [-0.1, -0.05) is 12.1 Å². The molecule has 2 amide bonds. The van der Waals surface area contributed by atoms with E-state index in [0.29, 0.717) is 24.1 Å². The van der Waals surface area contributed by atoms with E-state index in [1.807, 2.05) is 4.90 Å². The number of benzene rings is 1. The normalized spacial score (nSPS) is 14.1. The van der Waals surface area contributed by atoms with Gasteiger partial charge in [0, 0.05) is 32.0 Å². The summed E-state index contributed by atoms with van der Waals surface area (Å²) in [5.74, 6) is -0.620. The second kappa shape index (κ2) is 8.56. The van der Waals surface area contributed by atoms with Crippen molar-refractivity contribution in [2.45, 2.75) is 25.7 Å². The van der Waals surface area contributed by atoms with Crippen molar-refractivity contribution in [2.24, 2.45) is 0 Å². The summed E-state index contributed by atoms with van der Waals surface area (Å²) in [4.78, 5) is 30.7. The van der Waals surface area contributed by atoms with Crippen molar-refractivity contribution < 1.29 is 14.0 Å². The number of carbonyl (C=O) groups is 2. The summed E-state index contributed by atoms with van der Waals surface area (Å²) in [6.45, 7) is 1.94. The lowest BCUT2D eigenvalue weighted by Gasteiger charge is -2.26. The van der Waals surface area contributed by atoms with Crippen LogP contribution in [-0.2, 0) is 6.42 Å². The van der Waals surface area contributed by atoms with Crippen molar-refractivity contribution in [1.82, 2.24) is 15.2 Å². The van der Waals surface area contributed by atoms with Gasteiger partial charge in [0.05, 0.1) is 11.1 Å². The molecule has 0 aliphatic carbocycles. The highest BCUT2D eigenvalue weighted by molar-refractivity contribution is 5.99. The Hall–Kier alpha value is -2.76. The molecule has 1 N–H and O–H groups in total. The van der Waals surface area contributed by atoms with Crippen molar-refractivity contribution in [3.63, 3.8) is 0 Å². The minimum absolute atomic E-state index is 0.0711. The lowest BCUT2D eigenvalue weighted by molar-refractivity contribution is 0.0724. The molecule has 0 radical (unpaired) electrons. The predicted octanol–water partition coefficient (Wildman–Crippen LogP) is 2.82. The Morgan fingerprint density at radius 3 is 2.46 bits per heavy atom. The average Bonchev–Trinajstić information content (AvgIpc) is 2.69. The fraction of sp³-hybridized carbons (Fsp3) is 0.350. The summed E-state index contributed by atoms with van der Waals surface area (Å²) < 4.78 is 12.9. The quantitative estimate of drug-likeness (QED) is 0.897. The van der Waals surface area contributed by atoms with Crippen LogP contribution in [0.1, 0.15) is 45.5 Å². The van der Waals surface area contributed by atoms with Gasteiger partial charge in [0.15, 0.2) is 0 Å². The molecule has 6 heteroatoms. The smallest absolute Gasteiger partial charge is 0.255 e. The first-order valence-electron chi connectivity index (χ1n) is 8.90. The number of rotatable bonds is 5. The third kappa shape index (κ3) is 4.65. The van der Waals surface area contributed by atoms with E-state index in [4.69, 9.17) is 0 Å². The van der Waals surface area contributed by atoms with Crippen LogP contribution in [0.3, 0.4) is 0 Å². The van der Waals surface area contributed by atoms with E-state index in [9.17, 15) is 14.0 Å². The summed E-state index contributed by atoms with van der Waals surface area (Å²) in [6, 6.07) is 7.78. The number of carbonyl (C=O) groups excluding carboxylic acids is 2. The van der Waals surface area contributed by atoms with E-state index in [1.54, 1.807) is 18.2 Å². The van der Waals surface area contributed by atoms with Gasteiger partial charge in [-0.2, -0.15) is 0 Å². The van der Waals surface area contributed by atoms with Gasteiger partial charge in [-0.05, 0) is 49.4 Å². The third-order valence-electron chi connectivity index (χ3n) is 4.50. The summed E-state index contributed by atoms with van der Waals surface area (Å²) in [7, 11) is 0. The van der Waals surface area contributed by atoms with Crippen LogP contribution >= 0.6 is 0 Å². The molecule has 1 aromatic heterocycles. The van der Waals surface area contributed by atoms with Crippen molar-refractivity contribution in [1.29, 1.82) is 0 Å². The molecule has 2 aromatic rings. The number of pyridine rings is 1. The minimum Gasteiger partial charge on any atom is -0.352 e. The highest BCUT2D eigenvalue weighted by atomic mass is 19.1. The topological polar surface area (TPSA) is 62.3 Å². The number of likely N-dealkylation sites (tertiary alicyclic amines) is 1. The van der Waals surface area contributed by atoms with E-state index < -0.39 is 0 Å². The molecule has 0 saturated carbocycles. The van der Waals surface area contributed by atoms with E-state index in [2.05, 4.69) is 10.3 Å². The molecule has 5 nitrogen and oxygen atoms in total. The first-order valence-corrected chi connectivity index (χ1v) is 8.90. The Morgan fingerprint density at radius 2 is 1.73 bits per heavy atom. The van der Waals surface area contributed by atoms with Crippen molar-refractivity contribution in [3.05, 3.63) is 65.2 Å². The molecule has 0 bridgehead atoms. The van der Waals surface area contributed by atoms with E-state index >= 15 is 0 Å². The second-order valence-corrected chi connectivity index (χ2v) is 6.45. The summed E-state index contributed by atoms with van der Waals surface area (Å²) in [5, 5.41) is 2.81. The van der Waals surface area contributed by atoms with Gasteiger partial charge >= 0.3 is 0 Å². The zero-order valence-electron chi connectivity index (χ0n) is 14.6. The van der Waals surface area contributed by atoms with Crippen LogP contribution in [0.2, 0.25) is 0 Å². The van der Waals surface area contributed by atoms with Gasteiger partial charge in [0.2, 0.25) is 0 Å². The van der Waals surface area contributed by atoms with Crippen LogP contribution in [0.25, 0.3) is 0 Å².